The Kier molecular flexibility index (Phi) is 9.46. The van der Waals surface area contributed by atoms with Gasteiger partial charge in [-0.3, -0.25) is 9.59 Å². The van der Waals surface area contributed by atoms with Crippen molar-refractivity contribution in [3.05, 3.63) is 24.0 Å². The molecule has 1 aromatic heterocycles. The molecule has 0 bridgehead atoms. The minimum Gasteiger partial charge on any atom is -0.353 e. The van der Waals surface area contributed by atoms with E-state index >= 15 is 0 Å². The van der Waals surface area contributed by atoms with Crippen LogP contribution in [0.1, 0.15) is 59.6 Å². The first-order valence-corrected chi connectivity index (χ1v) is 9.90. The van der Waals surface area contributed by atoms with Gasteiger partial charge in [-0.1, -0.05) is 41.0 Å². The zero-order valence-electron chi connectivity index (χ0n) is 17.5. The van der Waals surface area contributed by atoms with Crippen LogP contribution in [0.3, 0.4) is 0 Å². The molecule has 2 amide bonds. The summed E-state index contributed by atoms with van der Waals surface area (Å²) in [7, 11) is 2.00. The van der Waals surface area contributed by atoms with Crippen LogP contribution in [0.15, 0.2) is 18.3 Å². The van der Waals surface area contributed by atoms with Gasteiger partial charge < -0.3 is 14.4 Å². The Bertz CT molecular complexity index is 563. The number of nitrogens with zero attached hydrogens (tertiary/aromatic N) is 3. The average molecular weight is 364 g/mol. The highest BCUT2D eigenvalue weighted by Gasteiger charge is 2.23. The molecule has 1 aromatic rings. The lowest BCUT2D eigenvalue weighted by molar-refractivity contribution is -0.141. The third-order valence-electron chi connectivity index (χ3n) is 4.39. The van der Waals surface area contributed by atoms with Gasteiger partial charge in [0.05, 0.1) is 13.1 Å². The monoisotopic (exact) mass is 363 g/mol. The number of unbranched alkanes of at least 4 members (excludes halogenated alkanes) is 1. The van der Waals surface area contributed by atoms with Gasteiger partial charge in [-0.15, -0.1) is 0 Å². The fourth-order valence-corrected chi connectivity index (χ4v) is 2.93. The minimum absolute atomic E-state index is 0.0393. The van der Waals surface area contributed by atoms with Gasteiger partial charge in [0.25, 0.3) is 0 Å². The van der Waals surface area contributed by atoms with Gasteiger partial charge in [-0.05, 0) is 30.4 Å². The summed E-state index contributed by atoms with van der Waals surface area (Å²) < 4.78 is 2.04. The molecule has 0 saturated heterocycles. The molecule has 0 radical (unpaired) electrons. The summed E-state index contributed by atoms with van der Waals surface area (Å²) in [6.45, 7) is 12.5. The second-order valence-electron chi connectivity index (χ2n) is 8.05. The third-order valence-corrected chi connectivity index (χ3v) is 4.39. The maximum atomic E-state index is 13.0. The van der Waals surface area contributed by atoms with Crippen molar-refractivity contribution < 1.29 is 9.59 Å². The van der Waals surface area contributed by atoms with Crippen LogP contribution in [0.25, 0.3) is 0 Å². The molecule has 1 heterocycles. The standard InChI is InChI=1S/C21H37N3O2/c1-7-8-12-23(15-19-10-9-11-22(19)6)21(26)16-24(14-18(4)5)20(25)13-17(2)3/h9-11,17-18H,7-8,12-16H2,1-6H3. The molecule has 148 valence electrons. The van der Waals surface area contributed by atoms with Crippen molar-refractivity contribution in [1.29, 1.82) is 0 Å². The lowest BCUT2D eigenvalue weighted by atomic mass is 10.1. The van der Waals surface area contributed by atoms with Gasteiger partial charge >= 0.3 is 0 Å². The van der Waals surface area contributed by atoms with Gasteiger partial charge in [0.15, 0.2) is 0 Å². The van der Waals surface area contributed by atoms with Gasteiger partial charge in [-0.25, -0.2) is 0 Å². The number of aromatic nitrogens is 1. The maximum absolute atomic E-state index is 13.0. The Hall–Kier alpha value is -1.78. The molecule has 0 aromatic carbocycles. The van der Waals surface area contributed by atoms with Crippen LogP contribution in [0.4, 0.5) is 0 Å². The summed E-state index contributed by atoms with van der Waals surface area (Å²) >= 11 is 0. The topological polar surface area (TPSA) is 45.6 Å². The van der Waals surface area contributed by atoms with E-state index in [0.29, 0.717) is 31.3 Å². The summed E-state index contributed by atoms with van der Waals surface area (Å²) in [5, 5.41) is 0. The number of carbonyl (C=O) groups is 2. The van der Waals surface area contributed by atoms with E-state index in [-0.39, 0.29) is 18.4 Å². The molecular formula is C21H37N3O2. The predicted octanol–water partition coefficient (Wildman–Crippen LogP) is 3.68. The second-order valence-corrected chi connectivity index (χ2v) is 8.05. The van der Waals surface area contributed by atoms with E-state index in [0.717, 1.165) is 25.1 Å². The molecule has 0 saturated carbocycles. The predicted molar refractivity (Wildman–Crippen MR) is 107 cm³/mol. The number of aryl methyl sites for hydroxylation is 1. The zero-order valence-corrected chi connectivity index (χ0v) is 17.5. The van der Waals surface area contributed by atoms with E-state index in [9.17, 15) is 9.59 Å². The molecule has 0 aliphatic carbocycles. The lowest BCUT2D eigenvalue weighted by Gasteiger charge is -2.29. The minimum atomic E-state index is 0.0393. The van der Waals surface area contributed by atoms with Crippen LogP contribution in [0, 0.1) is 11.8 Å². The number of hydrogen-bond donors (Lipinski definition) is 0. The molecule has 0 fully saturated rings. The first kappa shape index (κ1) is 22.3. The highest BCUT2D eigenvalue weighted by molar-refractivity contribution is 5.85. The molecule has 26 heavy (non-hydrogen) atoms. The molecule has 5 heteroatoms. The molecule has 0 aliphatic rings. The molecule has 0 N–H and O–H groups in total. The van der Waals surface area contributed by atoms with Crippen molar-refractivity contribution >= 4 is 11.8 Å². The summed E-state index contributed by atoms with van der Waals surface area (Å²) in [4.78, 5) is 29.2. The van der Waals surface area contributed by atoms with E-state index in [1.165, 1.54) is 0 Å². The maximum Gasteiger partial charge on any atom is 0.242 e. The molecule has 0 aliphatic heterocycles. The van der Waals surface area contributed by atoms with E-state index in [1.807, 2.05) is 48.7 Å². The van der Waals surface area contributed by atoms with Crippen LogP contribution in [0.5, 0.6) is 0 Å². The SMILES string of the molecule is CCCCN(Cc1cccn1C)C(=O)CN(CC(C)C)C(=O)CC(C)C. The number of carbonyl (C=O) groups excluding carboxylic acids is 2. The van der Waals surface area contributed by atoms with Crippen molar-refractivity contribution in [2.75, 3.05) is 19.6 Å². The molecule has 0 unspecified atom stereocenters. The van der Waals surface area contributed by atoms with Crippen LogP contribution in [0.2, 0.25) is 0 Å². The summed E-state index contributed by atoms with van der Waals surface area (Å²) in [5.74, 6) is 0.761. The molecular weight excluding hydrogens is 326 g/mol. The Morgan fingerprint density at radius 2 is 1.77 bits per heavy atom. The van der Waals surface area contributed by atoms with E-state index < -0.39 is 0 Å². The van der Waals surface area contributed by atoms with Gasteiger partial charge in [0.2, 0.25) is 11.8 Å². The second kappa shape index (κ2) is 11.0. The molecule has 0 atom stereocenters. The van der Waals surface area contributed by atoms with Crippen LogP contribution in [-0.2, 0) is 23.2 Å². The zero-order chi connectivity index (χ0) is 19.7. The van der Waals surface area contributed by atoms with Gasteiger partial charge in [0.1, 0.15) is 0 Å². The van der Waals surface area contributed by atoms with E-state index in [4.69, 9.17) is 0 Å². The van der Waals surface area contributed by atoms with E-state index in [1.54, 1.807) is 4.90 Å². The van der Waals surface area contributed by atoms with Crippen molar-refractivity contribution in [2.45, 2.75) is 60.4 Å². The van der Waals surface area contributed by atoms with E-state index in [2.05, 4.69) is 20.8 Å². The third kappa shape index (κ3) is 7.63. The van der Waals surface area contributed by atoms with Crippen molar-refractivity contribution in [3.63, 3.8) is 0 Å². The van der Waals surface area contributed by atoms with Crippen molar-refractivity contribution in [3.8, 4) is 0 Å². The highest BCUT2D eigenvalue weighted by atomic mass is 16.2. The van der Waals surface area contributed by atoms with Crippen LogP contribution >= 0.6 is 0 Å². The largest absolute Gasteiger partial charge is 0.353 e. The highest BCUT2D eigenvalue weighted by Crippen LogP contribution is 2.11. The summed E-state index contributed by atoms with van der Waals surface area (Å²) in [6.07, 6.45) is 4.50. The first-order valence-electron chi connectivity index (χ1n) is 9.90. The Balaban J connectivity index is 2.84. The number of amides is 2. The molecule has 1 rings (SSSR count). The Morgan fingerprint density at radius 1 is 1.08 bits per heavy atom. The fourth-order valence-electron chi connectivity index (χ4n) is 2.93. The smallest absolute Gasteiger partial charge is 0.242 e. The van der Waals surface area contributed by atoms with Gasteiger partial charge in [0, 0.05) is 38.4 Å². The summed E-state index contributed by atoms with van der Waals surface area (Å²) in [5.41, 5.74) is 1.11. The van der Waals surface area contributed by atoms with Crippen LogP contribution < -0.4 is 0 Å². The lowest BCUT2D eigenvalue weighted by Crippen LogP contribution is -2.44. The number of hydrogen-bond acceptors (Lipinski definition) is 2. The molecule has 5 nitrogen and oxygen atoms in total. The molecule has 0 spiro atoms. The fraction of sp³-hybridized carbons (Fsp3) is 0.714. The quantitative estimate of drug-likeness (QED) is 0.602. The first-order chi connectivity index (χ1) is 12.2. The van der Waals surface area contributed by atoms with Crippen molar-refractivity contribution in [2.24, 2.45) is 18.9 Å². The Labute approximate surface area is 159 Å². The van der Waals surface area contributed by atoms with Gasteiger partial charge in [-0.2, -0.15) is 0 Å². The normalized spacial score (nSPS) is 11.2. The number of rotatable bonds is 11. The summed E-state index contributed by atoms with van der Waals surface area (Å²) in [6, 6.07) is 4.04. The van der Waals surface area contributed by atoms with Crippen LogP contribution in [-0.4, -0.2) is 45.8 Å². The van der Waals surface area contributed by atoms with Crippen molar-refractivity contribution in [1.82, 2.24) is 14.4 Å². The average Bonchev–Trinajstić information content (AvgIpc) is 2.94. The Morgan fingerprint density at radius 3 is 2.27 bits per heavy atom.